The number of halogens is 1. The van der Waals surface area contributed by atoms with Gasteiger partial charge in [-0.25, -0.2) is 4.39 Å². The van der Waals surface area contributed by atoms with E-state index in [9.17, 15) is 9.18 Å². The highest BCUT2D eigenvalue weighted by atomic mass is 19.1. The molecule has 2 unspecified atom stereocenters. The largest absolute Gasteiger partial charge is 0.327 e. The van der Waals surface area contributed by atoms with Crippen LogP contribution in [0.5, 0.6) is 0 Å². The van der Waals surface area contributed by atoms with Crippen molar-refractivity contribution in [1.29, 1.82) is 0 Å². The van der Waals surface area contributed by atoms with Crippen LogP contribution in [0.3, 0.4) is 0 Å². The van der Waals surface area contributed by atoms with Crippen molar-refractivity contribution >= 4 is 11.6 Å². The van der Waals surface area contributed by atoms with Gasteiger partial charge in [-0.1, -0.05) is 18.9 Å². The van der Waals surface area contributed by atoms with Gasteiger partial charge in [0.25, 0.3) is 0 Å². The van der Waals surface area contributed by atoms with Crippen LogP contribution in [0.1, 0.15) is 31.2 Å². The van der Waals surface area contributed by atoms with Crippen molar-refractivity contribution in [2.24, 2.45) is 11.7 Å². The Hall–Kier alpha value is -1.42. The molecular weight excluding hydrogens is 231 g/mol. The molecule has 2 atom stereocenters. The lowest BCUT2D eigenvalue weighted by Gasteiger charge is -2.27. The zero-order valence-corrected chi connectivity index (χ0v) is 10.6. The molecule has 1 fully saturated rings. The number of aryl methyl sites for hydroxylation is 1. The maximum absolute atomic E-state index is 13.1. The average Bonchev–Trinajstić information content (AvgIpc) is 2.34. The second kappa shape index (κ2) is 5.48. The van der Waals surface area contributed by atoms with Gasteiger partial charge in [0, 0.05) is 11.7 Å². The third kappa shape index (κ3) is 2.88. The summed E-state index contributed by atoms with van der Waals surface area (Å²) in [6, 6.07) is 4.32. The molecule has 1 aliphatic carbocycles. The Balaban J connectivity index is 2.08. The fourth-order valence-electron chi connectivity index (χ4n) is 2.44. The third-order valence-corrected chi connectivity index (χ3v) is 3.61. The first-order chi connectivity index (χ1) is 8.58. The molecule has 0 aliphatic heterocycles. The van der Waals surface area contributed by atoms with Gasteiger partial charge in [0.1, 0.15) is 5.82 Å². The molecule has 0 aromatic heterocycles. The van der Waals surface area contributed by atoms with Crippen LogP contribution in [0.4, 0.5) is 10.1 Å². The molecule has 18 heavy (non-hydrogen) atoms. The zero-order valence-electron chi connectivity index (χ0n) is 10.6. The summed E-state index contributed by atoms with van der Waals surface area (Å²) in [5.41, 5.74) is 7.36. The van der Waals surface area contributed by atoms with Crippen molar-refractivity contribution in [1.82, 2.24) is 0 Å². The van der Waals surface area contributed by atoms with Gasteiger partial charge >= 0.3 is 0 Å². The summed E-state index contributed by atoms with van der Waals surface area (Å²) in [4.78, 5) is 12.1. The predicted octanol–water partition coefficient (Wildman–Crippen LogP) is 2.59. The monoisotopic (exact) mass is 250 g/mol. The quantitative estimate of drug-likeness (QED) is 0.847. The van der Waals surface area contributed by atoms with Crippen molar-refractivity contribution in [2.45, 2.75) is 38.6 Å². The summed E-state index contributed by atoms with van der Waals surface area (Å²) in [5.74, 6) is -0.582. The molecule has 0 heterocycles. The first kappa shape index (κ1) is 13.0. The maximum Gasteiger partial charge on any atom is 0.229 e. The fraction of sp³-hybridized carbons (Fsp3) is 0.500. The first-order valence-electron chi connectivity index (χ1n) is 6.40. The van der Waals surface area contributed by atoms with Crippen molar-refractivity contribution in [3.8, 4) is 0 Å². The molecule has 4 heteroatoms. The summed E-state index contributed by atoms with van der Waals surface area (Å²) < 4.78 is 13.1. The zero-order chi connectivity index (χ0) is 13.1. The van der Waals surface area contributed by atoms with E-state index in [2.05, 4.69) is 5.32 Å². The molecule has 0 radical (unpaired) electrons. The van der Waals surface area contributed by atoms with Crippen molar-refractivity contribution in [3.05, 3.63) is 29.6 Å². The maximum atomic E-state index is 13.1. The highest BCUT2D eigenvalue weighted by Crippen LogP contribution is 2.25. The second-order valence-electron chi connectivity index (χ2n) is 5.00. The Morgan fingerprint density at radius 1 is 1.39 bits per heavy atom. The molecule has 98 valence electrons. The number of nitrogens with one attached hydrogen (secondary N) is 1. The van der Waals surface area contributed by atoms with Gasteiger partial charge in [0.15, 0.2) is 0 Å². The molecule has 1 saturated carbocycles. The molecule has 0 bridgehead atoms. The minimum Gasteiger partial charge on any atom is -0.327 e. The van der Waals surface area contributed by atoms with E-state index in [-0.39, 0.29) is 23.7 Å². The van der Waals surface area contributed by atoms with E-state index in [0.29, 0.717) is 5.69 Å². The van der Waals surface area contributed by atoms with Crippen LogP contribution in [-0.2, 0) is 4.79 Å². The van der Waals surface area contributed by atoms with Crippen LogP contribution in [-0.4, -0.2) is 11.9 Å². The first-order valence-corrected chi connectivity index (χ1v) is 6.40. The summed E-state index contributed by atoms with van der Waals surface area (Å²) in [6.45, 7) is 1.84. The van der Waals surface area contributed by atoms with Gasteiger partial charge in [-0.15, -0.1) is 0 Å². The molecule has 0 saturated heterocycles. The molecule has 3 nitrogen and oxygen atoms in total. The van der Waals surface area contributed by atoms with E-state index in [1.807, 2.05) is 6.92 Å². The smallest absolute Gasteiger partial charge is 0.229 e. The molecular formula is C14H19FN2O. The average molecular weight is 250 g/mol. The number of carbonyl (C=O) groups excluding carboxylic acids is 1. The van der Waals surface area contributed by atoms with Crippen LogP contribution in [0.2, 0.25) is 0 Å². The lowest BCUT2D eigenvalue weighted by molar-refractivity contribution is -0.121. The second-order valence-corrected chi connectivity index (χ2v) is 5.00. The van der Waals surface area contributed by atoms with E-state index in [1.54, 1.807) is 6.07 Å². The van der Waals surface area contributed by atoms with E-state index < -0.39 is 0 Å². The number of carbonyl (C=O) groups is 1. The predicted molar refractivity (Wildman–Crippen MR) is 69.7 cm³/mol. The normalized spacial score (nSPS) is 23.7. The lowest BCUT2D eigenvalue weighted by atomic mass is 9.84. The van der Waals surface area contributed by atoms with Gasteiger partial charge in [-0.3, -0.25) is 4.79 Å². The number of hydrogen-bond acceptors (Lipinski definition) is 2. The minimum absolute atomic E-state index is 0.0763. The number of amides is 1. The number of rotatable bonds is 2. The van der Waals surface area contributed by atoms with Gasteiger partial charge in [0.2, 0.25) is 5.91 Å². The summed E-state index contributed by atoms with van der Waals surface area (Å²) in [5, 5.41) is 2.79. The van der Waals surface area contributed by atoms with E-state index in [1.165, 1.54) is 12.1 Å². The SMILES string of the molecule is Cc1ccc(F)cc1NC(=O)C1CCCCC1N. The van der Waals surface area contributed by atoms with Gasteiger partial charge in [-0.2, -0.15) is 0 Å². The molecule has 2 rings (SSSR count). The Labute approximate surface area is 107 Å². The molecule has 1 aromatic carbocycles. The Morgan fingerprint density at radius 2 is 2.11 bits per heavy atom. The highest BCUT2D eigenvalue weighted by Gasteiger charge is 2.28. The van der Waals surface area contributed by atoms with Gasteiger partial charge in [-0.05, 0) is 37.5 Å². The van der Waals surface area contributed by atoms with E-state index in [4.69, 9.17) is 5.73 Å². The summed E-state index contributed by atoms with van der Waals surface area (Å²) >= 11 is 0. The molecule has 3 N–H and O–H groups in total. The summed E-state index contributed by atoms with van der Waals surface area (Å²) in [7, 11) is 0. The van der Waals surface area contributed by atoms with Crippen molar-refractivity contribution in [3.63, 3.8) is 0 Å². The number of nitrogens with two attached hydrogens (primary N) is 1. The fourth-order valence-corrected chi connectivity index (χ4v) is 2.44. The van der Waals surface area contributed by atoms with Crippen LogP contribution in [0.15, 0.2) is 18.2 Å². The Morgan fingerprint density at radius 3 is 2.83 bits per heavy atom. The minimum atomic E-state index is -0.344. The number of benzene rings is 1. The van der Waals surface area contributed by atoms with Crippen LogP contribution >= 0.6 is 0 Å². The standard InChI is InChI=1S/C14H19FN2O/c1-9-6-7-10(15)8-13(9)17-14(18)11-4-2-3-5-12(11)16/h6-8,11-12H,2-5,16H2,1H3,(H,17,18). The summed E-state index contributed by atoms with van der Waals surface area (Å²) in [6.07, 6.45) is 3.83. The van der Waals surface area contributed by atoms with Crippen molar-refractivity contribution < 1.29 is 9.18 Å². The Kier molecular flexibility index (Phi) is 3.97. The van der Waals surface area contributed by atoms with E-state index in [0.717, 1.165) is 31.2 Å². The third-order valence-electron chi connectivity index (χ3n) is 3.61. The molecule has 0 spiro atoms. The number of anilines is 1. The van der Waals surface area contributed by atoms with Gasteiger partial charge in [0.05, 0.1) is 5.92 Å². The highest BCUT2D eigenvalue weighted by molar-refractivity contribution is 5.93. The molecule has 1 aliphatic rings. The lowest BCUT2D eigenvalue weighted by Crippen LogP contribution is -2.40. The van der Waals surface area contributed by atoms with E-state index >= 15 is 0 Å². The number of hydrogen-bond donors (Lipinski definition) is 2. The Bertz CT molecular complexity index is 447. The van der Waals surface area contributed by atoms with Crippen LogP contribution < -0.4 is 11.1 Å². The van der Waals surface area contributed by atoms with Gasteiger partial charge < -0.3 is 11.1 Å². The van der Waals surface area contributed by atoms with Crippen LogP contribution in [0, 0.1) is 18.7 Å². The molecule has 1 aromatic rings. The van der Waals surface area contributed by atoms with Crippen LogP contribution in [0.25, 0.3) is 0 Å². The van der Waals surface area contributed by atoms with Crippen molar-refractivity contribution in [2.75, 3.05) is 5.32 Å². The topological polar surface area (TPSA) is 55.1 Å². The molecule has 1 amide bonds.